The summed E-state index contributed by atoms with van der Waals surface area (Å²) >= 11 is 0. The van der Waals surface area contributed by atoms with Gasteiger partial charge in [0.1, 0.15) is 12.1 Å². The number of benzene rings is 2. The molecule has 0 fully saturated rings. The second-order valence-corrected chi connectivity index (χ2v) is 7.73. The number of hydrogen-bond acceptors (Lipinski definition) is 4. The minimum absolute atomic E-state index is 0.191. The monoisotopic (exact) mass is 357 g/mol. The van der Waals surface area contributed by atoms with Crippen LogP contribution in [0.2, 0.25) is 0 Å². The molecule has 0 saturated heterocycles. The Kier molecular flexibility index (Phi) is 4.15. The summed E-state index contributed by atoms with van der Waals surface area (Å²) in [6.45, 7) is 6.33. The summed E-state index contributed by atoms with van der Waals surface area (Å²) < 4.78 is 1.94. The average molecular weight is 357 g/mol. The summed E-state index contributed by atoms with van der Waals surface area (Å²) in [5, 5.41) is 5.70. The normalized spacial score (nSPS) is 11.8. The molecule has 0 saturated carbocycles. The lowest BCUT2D eigenvalue weighted by atomic mass is 10.0. The van der Waals surface area contributed by atoms with Crippen LogP contribution >= 0.6 is 0 Å². The highest BCUT2D eigenvalue weighted by Gasteiger charge is 2.23. The van der Waals surface area contributed by atoms with Gasteiger partial charge in [-0.15, -0.1) is 0 Å². The second kappa shape index (κ2) is 6.50. The predicted molar refractivity (Wildman–Crippen MR) is 109 cm³/mol. The first kappa shape index (κ1) is 17.2. The smallest absolute Gasteiger partial charge is 0.164 e. The SMILES string of the molecule is CC(C)(C)n1nc(Cc2cccc(-c3ccccc3)c2)c2c(N)ncnc21. The van der Waals surface area contributed by atoms with Crippen LogP contribution in [0, 0.1) is 0 Å². The van der Waals surface area contributed by atoms with Crippen LogP contribution in [0.4, 0.5) is 5.82 Å². The van der Waals surface area contributed by atoms with Gasteiger partial charge in [-0.2, -0.15) is 5.10 Å². The highest BCUT2D eigenvalue weighted by Crippen LogP contribution is 2.28. The van der Waals surface area contributed by atoms with Gasteiger partial charge in [0.25, 0.3) is 0 Å². The first-order valence-corrected chi connectivity index (χ1v) is 9.06. The quantitative estimate of drug-likeness (QED) is 0.589. The van der Waals surface area contributed by atoms with Crippen molar-refractivity contribution in [2.75, 3.05) is 5.73 Å². The molecule has 5 heteroatoms. The number of rotatable bonds is 3. The van der Waals surface area contributed by atoms with Gasteiger partial charge in [0, 0.05) is 6.42 Å². The zero-order chi connectivity index (χ0) is 19.0. The van der Waals surface area contributed by atoms with E-state index in [2.05, 4.69) is 79.3 Å². The molecule has 0 unspecified atom stereocenters. The molecule has 0 amide bonds. The van der Waals surface area contributed by atoms with Crippen LogP contribution in [0.3, 0.4) is 0 Å². The molecule has 5 nitrogen and oxygen atoms in total. The Balaban J connectivity index is 1.79. The Bertz CT molecular complexity index is 1090. The fourth-order valence-electron chi connectivity index (χ4n) is 3.32. The molecule has 2 aromatic carbocycles. The van der Waals surface area contributed by atoms with E-state index in [-0.39, 0.29) is 5.54 Å². The summed E-state index contributed by atoms with van der Waals surface area (Å²) in [6, 6.07) is 18.9. The zero-order valence-electron chi connectivity index (χ0n) is 15.8. The molecule has 0 spiro atoms. The van der Waals surface area contributed by atoms with Gasteiger partial charge in [0.05, 0.1) is 16.6 Å². The van der Waals surface area contributed by atoms with Gasteiger partial charge in [-0.05, 0) is 37.5 Å². The molecular weight excluding hydrogens is 334 g/mol. The molecule has 4 rings (SSSR count). The Morgan fingerprint density at radius 1 is 0.926 bits per heavy atom. The van der Waals surface area contributed by atoms with Gasteiger partial charge < -0.3 is 5.73 Å². The van der Waals surface area contributed by atoms with Crippen molar-refractivity contribution in [3.63, 3.8) is 0 Å². The van der Waals surface area contributed by atoms with E-state index in [0.717, 1.165) is 16.7 Å². The standard InChI is InChI=1S/C22H23N5/c1-22(2,3)27-21-19(20(23)24-14-25-21)18(26-27)13-15-8-7-11-17(12-15)16-9-5-4-6-10-16/h4-12,14H,13H2,1-3H3,(H2,23,24,25). The van der Waals surface area contributed by atoms with E-state index in [1.807, 2.05) is 10.7 Å². The second-order valence-electron chi connectivity index (χ2n) is 7.73. The molecule has 0 aliphatic heterocycles. The Hall–Kier alpha value is -3.21. The van der Waals surface area contributed by atoms with Crippen LogP contribution in [0.15, 0.2) is 60.9 Å². The highest BCUT2D eigenvalue weighted by atomic mass is 15.3. The van der Waals surface area contributed by atoms with Crippen molar-refractivity contribution in [1.82, 2.24) is 19.7 Å². The first-order valence-electron chi connectivity index (χ1n) is 9.06. The van der Waals surface area contributed by atoms with Gasteiger partial charge in [-0.3, -0.25) is 0 Å². The van der Waals surface area contributed by atoms with Crippen LogP contribution < -0.4 is 5.73 Å². The molecule has 4 aromatic rings. The molecule has 0 aliphatic rings. The number of nitrogen functional groups attached to an aromatic ring is 1. The number of fused-ring (bicyclic) bond motifs is 1. The molecule has 0 radical (unpaired) electrons. The summed E-state index contributed by atoms with van der Waals surface area (Å²) in [4.78, 5) is 8.63. The van der Waals surface area contributed by atoms with E-state index in [1.54, 1.807) is 0 Å². The summed E-state index contributed by atoms with van der Waals surface area (Å²) in [6.07, 6.45) is 2.18. The maximum Gasteiger partial charge on any atom is 0.164 e. The lowest BCUT2D eigenvalue weighted by Gasteiger charge is -2.19. The Morgan fingerprint density at radius 2 is 1.67 bits per heavy atom. The number of nitrogens with zero attached hydrogens (tertiary/aromatic N) is 4. The maximum absolute atomic E-state index is 6.18. The molecule has 2 aromatic heterocycles. The number of anilines is 1. The molecule has 0 atom stereocenters. The minimum Gasteiger partial charge on any atom is -0.383 e. The topological polar surface area (TPSA) is 69.6 Å². The van der Waals surface area contributed by atoms with Gasteiger partial charge in [-0.1, -0.05) is 54.6 Å². The van der Waals surface area contributed by atoms with Crippen molar-refractivity contribution < 1.29 is 0 Å². The molecule has 0 aliphatic carbocycles. The minimum atomic E-state index is -0.191. The zero-order valence-corrected chi connectivity index (χ0v) is 15.8. The van der Waals surface area contributed by atoms with E-state index >= 15 is 0 Å². The molecule has 2 N–H and O–H groups in total. The fourth-order valence-corrected chi connectivity index (χ4v) is 3.32. The van der Waals surface area contributed by atoms with Crippen molar-refractivity contribution in [3.8, 4) is 11.1 Å². The van der Waals surface area contributed by atoms with Crippen molar-refractivity contribution in [2.45, 2.75) is 32.7 Å². The Labute approximate surface area is 158 Å². The number of nitrogens with two attached hydrogens (primary N) is 1. The number of hydrogen-bond donors (Lipinski definition) is 1. The van der Waals surface area contributed by atoms with Crippen LogP contribution in [0.5, 0.6) is 0 Å². The van der Waals surface area contributed by atoms with Crippen LogP contribution in [0.25, 0.3) is 22.2 Å². The van der Waals surface area contributed by atoms with E-state index in [1.165, 1.54) is 23.0 Å². The average Bonchev–Trinajstić information content (AvgIpc) is 3.03. The van der Waals surface area contributed by atoms with E-state index in [4.69, 9.17) is 10.8 Å². The lowest BCUT2D eigenvalue weighted by Crippen LogP contribution is -2.23. The number of aromatic nitrogens is 4. The van der Waals surface area contributed by atoms with Gasteiger partial charge in [0.2, 0.25) is 0 Å². The molecular formula is C22H23N5. The van der Waals surface area contributed by atoms with Gasteiger partial charge in [-0.25, -0.2) is 14.6 Å². The van der Waals surface area contributed by atoms with Crippen molar-refractivity contribution in [2.24, 2.45) is 0 Å². The third-order valence-corrected chi connectivity index (χ3v) is 4.61. The predicted octanol–water partition coefficient (Wildman–Crippen LogP) is 4.42. The van der Waals surface area contributed by atoms with Crippen molar-refractivity contribution in [3.05, 3.63) is 72.2 Å². The van der Waals surface area contributed by atoms with Crippen LogP contribution in [-0.2, 0) is 12.0 Å². The van der Waals surface area contributed by atoms with E-state index < -0.39 is 0 Å². The van der Waals surface area contributed by atoms with E-state index in [0.29, 0.717) is 12.2 Å². The van der Waals surface area contributed by atoms with Crippen molar-refractivity contribution >= 4 is 16.9 Å². The summed E-state index contributed by atoms with van der Waals surface area (Å²) in [5.41, 5.74) is 11.3. The Morgan fingerprint density at radius 3 is 2.41 bits per heavy atom. The van der Waals surface area contributed by atoms with Gasteiger partial charge in [0.15, 0.2) is 5.65 Å². The molecule has 27 heavy (non-hydrogen) atoms. The molecule has 0 bridgehead atoms. The lowest BCUT2D eigenvalue weighted by molar-refractivity contribution is 0.363. The first-order chi connectivity index (χ1) is 12.9. The van der Waals surface area contributed by atoms with Crippen molar-refractivity contribution in [1.29, 1.82) is 0 Å². The third-order valence-electron chi connectivity index (χ3n) is 4.61. The molecule has 136 valence electrons. The third kappa shape index (κ3) is 3.28. The van der Waals surface area contributed by atoms with Crippen LogP contribution in [-0.4, -0.2) is 19.7 Å². The van der Waals surface area contributed by atoms with E-state index in [9.17, 15) is 0 Å². The highest BCUT2D eigenvalue weighted by molar-refractivity contribution is 5.88. The molecule has 2 heterocycles. The van der Waals surface area contributed by atoms with Crippen LogP contribution in [0.1, 0.15) is 32.0 Å². The summed E-state index contributed by atoms with van der Waals surface area (Å²) in [5.74, 6) is 0.477. The van der Waals surface area contributed by atoms with Gasteiger partial charge >= 0.3 is 0 Å². The largest absolute Gasteiger partial charge is 0.383 e. The fraction of sp³-hybridized carbons (Fsp3) is 0.227. The maximum atomic E-state index is 6.18. The summed E-state index contributed by atoms with van der Waals surface area (Å²) in [7, 11) is 0.